The van der Waals surface area contributed by atoms with Crippen molar-refractivity contribution in [1.82, 2.24) is 10.9 Å². The van der Waals surface area contributed by atoms with Gasteiger partial charge in [0.15, 0.2) is 24.8 Å². The van der Waals surface area contributed by atoms with Gasteiger partial charge in [0, 0.05) is 0 Å². The number of nitrogens with zero attached hydrogens (tertiary/aromatic N) is 1. The highest BCUT2D eigenvalue weighted by Crippen LogP contribution is 2.14. The highest BCUT2D eigenvalue weighted by atomic mass is 19.1. The molecule has 0 heterocycles. The van der Waals surface area contributed by atoms with Gasteiger partial charge in [-0.25, -0.2) is 4.39 Å². The molecule has 0 saturated heterocycles. The summed E-state index contributed by atoms with van der Waals surface area (Å²) >= 11 is 0. The number of benzene rings is 2. The van der Waals surface area contributed by atoms with E-state index in [4.69, 9.17) is 14.3 Å². The molecule has 0 unspecified atom stereocenters. The molecule has 2 N–H and O–H groups in total. The maximum absolute atomic E-state index is 13.3. The molecule has 142 valence electrons. The third kappa shape index (κ3) is 7.02. The van der Waals surface area contributed by atoms with Crippen molar-refractivity contribution in [2.24, 2.45) is 5.16 Å². The molecule has 2 rings (SSSR count). The minimum absolute atomic E-state index is 0.0600. The second-order valence-electron chi connectivity index (χ2n) is 5.10. The Morgan fingerprint density at radius 3 is 2.37 bits per heavy atom. The Kier molecular flexibility index (Phi) is 7.58. The zero-order valence-electron chi connectivity index (χ0n) is 14.5. The number of hydrogen-bond acceptors (Lipinski definition) is 6. The lowest BCUT2D eigenvalue weighted by Gasteiger charge is -2.08. The van der Waals surface area contributed by atoms with Gasteiger partial charge in [-0.2, -0.15) is 0 Å². The van der Waals surface area contributed by atoms with Crippen LogP contribution in [0.4, 0.5) is 4.39 Å². The van der Waals surface area contributed by atoms with Crippen molar-refractivity contribution in [3.05, 3.63) is 59.9 Å². The standard InChI is InChI=1S/C18H18FN3O5/c1-25-14-8-6-13(7-9-14)10-20-27-12-18(24)22-21-17(23)11-26-16-5-3-2-4-15(16)19/h2-10H,11-12H2,1H3,(H,21,23)(H,22,24)/b20-10-. The van der Waals surface area contributed by atoms with Gasteiger partial charge in [-0.15, -0.1) is 0 Å². The van der Waals surface area contributed by atoms with Crippen LogP contribution in [0.25, 0.3) is 0 Å². The number of nitrogens with one attached hydrogen (secondary N) is 2. The predicted molar refractivity (Wildman–Crippen MR) is 94.7 cm³/mol. The van der Waals surface area contributed by atoms with Crippen LogP contribution < -0.4 is 20.3 Å². The average molecular weight is 375 g/mol. The minimum atomic E-state index is -0.659. The number of para-hydroxylation sites is 1. The number of amides is 2. The van der Waals surface area contributed by atoms with Crippen molar-refractivity contribution in [2.45, 2.75) is 0 Å². The lowest BCUT2D eigenvalue weighted by molar-refractivity contribution is -0.132. The van der Waals surface area contributed by atoms with Crippen LogP contribution in [0.1, 0.15) is 5.56 Å². The van der Waals surface area contributed by atoms with Gasteiger partial charge in [-0.3, -0.25) is 20.4 Å². The molecule has 0 radical (unpaired) electrons. The Bertz CT molecular complexity index is 796. The smallest absolute Gasteiger partial charge is 0.279 e. The Morgan fingerprint density at radius 2 is 1.70 bits per heavy atom. The zero-order valence-corrected chi connectivity index (χ0v) is 14.5. The number of hydrazine groups is 1. The second-order valence-corrected chi connectivity index (χ2v) is 5.10. The topological polar surface area (TPSA) is 98.3 Å². The molecule has 0 fully saturated rings. The molecule has 0 aliphatic heterocycles. The van der Waals surface area contributed by atoms with Crippen LogP contribution in [-0.2, 0) is 14.4 Å². The quantitative estimate of drug-likeness (QED) is 0.537. The van der Waals surface area contributed by atoms with Gasteiger partial charge in [0.25, 0.3) is 11.8 Å². The van der Waals surface area contributed by atoms with Crippen LogP contribution in [0.2, 0.25) is 0 Å². The van der Waals surface area contributed by atoms with Crippen LogP contribution in [0.5, 0.6) is 11.5 Å². The van der Waals surface area contributed by atoms with Crippen LogP contribution in [0.15, 0.2) is 53.7 Å². The predicted octanol–water partition coefficient (Wildman–Crippen LogP) is 1.41. The Morgan fingerprint density at radius 1 is 1.04 bits per heavy atom. The molecule has 9 heteroatoms. The van der Waals surface area contributed by atoms with Gasteiger partial charge in [-0.1, -0.05) is 17.3 Å². The van der Waals surface area contributed by atoms with Crippen molar-refractivity contribution in [3.8, 4) is 11.5 Å². The zero-order chi connectivity index (χ0) is 19.5. The van der Waals surface area contributed by atoms with Crippen molar-refractivity contribution < 1.29 is 28.3 Å². The number of hydrogen-bond donors (Lipinski definition) is 2. The molecule has 2 aromatic rings. The van der Waals surface area contributed by atoms with Gasteiger partial charge in [0.05, 0.1) is 13.3 Å². The van der Waals surface area contributed by atoms with Gasteiger partial charge < -0.3 is 14.3 Å². The normalized spacial score (nSPS) is 10.3. The SMILES string of the molecule is COc1ccc(/C=N\OCC(=O)NNC(=O)COc2ccccc2F)cc1. The summed E-state index contributed by atoms with van der Waals surface area (Å²) in [5.41, 5.74) is 4.99. The fraction of sp³-hybridized carbons (Fsp3) is 0.167. The monoisotopic (exact) mass is 375 g/mol. The molecular formula is C18H18FN3O5. The third-order valence-electron chi connectivity index (χ3n) is 3.12. The molecular weight excluding hydrogens is 357 g/mol. The molecule has 0 aliphatic rings. The average Bonchev–Trinajstić information content (AvgIpc) is 2.69. The fourth-order valence-electron chi connectivity index (χ4n) is 1.80. The van der Waals surface area contributed by atoms with Crippen molar-refractivity contribution >= 4 is 18.0 Å². The van der Waals surface area contributed by atoms with Gasteiger partial charge in [-0.05, 0) is 42.0 Å². The second kappa shape index (κ2) is 10.4. The summed E-state index contributed by atoms with van der Waals surface area (Å²) < 4.78 is 23.3. The first kappa shape index (κ1) is 19.7. The van der Waals surface area contributed by atoms with E-state index < -0.39 is 30.8 Å². The van der Waals surface area contributed by atoms with E-state index in [2.05, 4.69) is 16.0 Å². The van der Waals surface area contributed by atoms with E-state index in [9.17, 15) is 14.0 Å². The van der Waals surface area contributed by atoms with E-state index in [0.717, 1.165) is 5.56 Å². The van der Waals surface area contributed by atoms with Crippen molar-refractivity contribution in [1.29, 1.82) is 0 Å². The lowest BCUT2D eigenvalue weighted by Crippen LogP contribution is -2.45. The van der Waals surface area contributed by atoms with Crippen LogP contribution in [0.3, 0.4) is 0 Å². The summed E-state index contributed by atoms with van der Waals surface area (Å²) in [6, 6.07) is 12.7. The van der Waals surface area contributed by atoms with E-state index >= 15 is 0 Å². The number of methoxy groups -OCH3 is 1. The van der Waals surface area contributed by atoms with E-state index in [1.165, 1.54) is 24.4 Å². The molecule has 0 atom stereocenters. The first-order valence-corrected chi connectivity index (χ1v) is 7.83. The molecule has 2 amide bonds. The summed E-state index contributed by atoms with van der Waals surface area (Å²) in [6.45, 7) is -0.862. The number of rotatable bonds is 8. The first-order chi connectivity index (χ1) is 13.1. The van der Waals surface area contributed by atoms with E-state index in [0.29, 0.717) is 5.75 Å². The number of ether oxygens (including phenoxy) is 2. The highest BCUT2D eigenvalue weighted by Gasteiger charge is 2.08. The van der Waals surface area contributed by atoms with Gasteiger partial charge in [0.2, 0.25) is 0 Å². The van der Waals surface area contributed by atoms with E-state index in [1.54, 1.807) is 37.4 Å². The molecule has 8 nitrogen and oxygen atoms in total. The van der Waals surface area contributed by atoms with Crippen LogP contribution in [0, 0.1) is 5.82 Å². The van der Waals surface area contributed by atoms with Gasteiger partial charge >= 0.3 is 0 Å². The molecule has 0 saturated carbocycles. The summed E-state index contributed by atoms with van der Waals surface area (Å²) in [4.78, 5) is 27.9. The number of halogens is 1. The Labute approximate surface area is 154 Å². The molecule has 0 spiro atoms. The van der Waals surface area contributed by atoms with Crippen molar-refractivity contribution in [3.63, 3.8) is 0 Å². The fourth-order valence-corrected chi connectivity index (χ4v) is 1.80. The van der Waals surface area contributed by atoms with Crippen molar-refractivity contribution in [2.75, 3.05) is 20.3 Å². The first-order valence-electron chi connectivity index (χ1n) is 7.83. The maximum atomic E-state index is 13.3. The molecule has 2 aromatic carbocycles. The van der Waals surface area contributed by atoms with E-state index in [1.807, 2.05) is 0 Å². The summed E-state index contributed by atoms with van der Waals surface area (Å²) in [5, 5.41) is 3.64. The molecule has 0 aromatic heterocycles. The Balaban J connectivity index is 1.63. The summed E-state index contributed by atoms with van der Waals surface area (Å²) in [6.07, 6.45) is 1.42. The van der Waals surface area contributed by atoms with Gasteiger partial charge in [0.1, 0.15) is 5.75 Å². The largest absolute Gasteiger partial charge is 0.497 e. The maximum Gasteiger partial charge on any atom is 0.279 e. The Hall–Kier alpha value is -3.62. The number of carbonyl (C=O) groups is 2. The number of oxime groups is 1. The minimum Gasteiger partial charge on any atom is -0.497 e. The van der Waals surface area contributed by atoms with Crippen LogP contribution >= 0.6 is 0 Å². The number of carbonyl (C=O) groups excluding carboxylic acids is 2. The summed E-state index contributed by atoms with van der Waals surface area (Å²) in [7, 11) is 1.57. The summed E-state index contributed by atoms with van der Waals surface area (Å²) in [5.74, 6) is -1.22. The highest BCUT2D eigenvalue weighted by molar-refractivity contribution is 5.83. The molecule has 0 aliphatic carbocycles. The third-order valence-corrected chi connectivity index (χ3v) is 3.12. The van der Waals surface area contributed by atoms with E-state index in [-0.39, 0.29) is 5.75 Å². The molecule has 27 heavy (non-hydrogen) atoms. The molecule has 0 bridgehead atoms. The van der Waals surface area contributed by atoms with Crippen LogP contribution in [-0.4, -0.2) is 38.4 Å². The lowest BCUT2D eigenvalue weighted by atomic mass is 10.2.